The fourth-order valence-electron chi connectivity index (χ4n) is 3.32. The number of piperidine rings is 1. The summed E-state index contributed by atoms with van der Waals surface area (Å²) in [6.45, 7) is 5.01. The lowest BCUT2D eigenvalue weighted by atomic mass is 9.93. The standard InChI is InChI=1S/C19H29FN2O3S/c1-3-17(4-2)21-19(23)10-5-15-11-13-22(14-12-15)26(24,25)18-8-6-16(20)7-9-18/h6-9,15,17H,3-5,10-14H2,1-2H3,(H,21,23). The maximum atomic E-state index is 13.0. The Kier molecular flexibility index (Phi) is 7.58. The Balaban J connectivity index is 1.81. The summed E-state index contributed by atoms with van der Waals surface area (Å²) < 4.78 is 39.7. The van der Waals surface area contributed by atoms with Gasteiger partial charge in [-0.25, -0.2) is 12.8 Å². The van der Waals surface area contributed by atoms with Gasteiger partial charge in [0.25, 0.3) is 0 Å². The van der Waals surface area contributed by atoms with Gasteiger partial charge in [0, 0.05) is 25.6 Å². The first-order valence-electron chi connectivity index (χ1n) is 9.41. The molecule has 1 aliphatic rings. The Morgan fingerprint density at radius 1 is 1.19 bits per heavy atom. The minimum Gasteiger partial charge on any atom is -0.353 e. The molecule has 0 aliphatic carbocycles. The summed E-state index contributed by atoms with van der Waals surface area (Å²) in [5, 5.41) is 3.04. The van der Waals surface area contributed by atoms with Gasteiger partial charge in [-0.3, -0.25) is 4.79 Å². The van der Waals surface area contributed by atoms with Gasteiger partial charge >= 0.3 is 0 Å². The topological polar surface area (TPSA) is 66.5 Å². The Labute approximate surface area is 156 Å². The van der Waals surface area contributed by atoms with Crippen LogP contribution in [0.2, 0.25) is 0 Å². The Morgan fingerprint density at radius 2 is 1.77 bits per heavy atom. The van der Waals surface area contributed by atoms with Crippen LogP contribution >= 0.6 is 0 Å². The second-order valence-corrected chi connectivity index (χ2v) is 8.86. The van der Waals surface area contributed by atoms with Crippen LogP contribution in [0.4, 0.5) is 4.39 Å². The number of carbonyl (C=O) groups is 1. The summed E-state index contributed by atoms with van der Waals surface area (Å²) in [6, 6.07) is 5.18. The molecule has 0 atom stereocenters. The van der Waals surface area contributed by atoms with E-state index in [0.29, 0.717) is 25.4 Å². The Morgan fingerprint density at radius 3 is 2.31 bits per heavy atom. The summed E-state index contributed by atoms with van der Waals surface area (Å²) in [6.07, 6.45) is 4.64. The number of halogens is 1. The van der Waals surface area contributed by atoms with Crippen LogP contribution < -0.4 is 5.32 Å². The molecular weight excluding hydrogens is 355 g/mol. The van der Waals surface area contributed by atoms with E-state index in [0.717, 1.165) is 44.2 Å². The average molecular weight is 385 g/mol. The lowest BCUT2D eigenvalue weighted by molar-refractivity contribution is -0.122. The SMILES string of the molecule is CCC(CC)NC(=O)CCC1CCN(S(=O)(=O)c2ccc(F)cc2)CC1. The van der Waals surface area contributed by atoms with E-state index in [9.17, 15) is 17.6 Å². The van der Waals surface area contributed by atoms with E-state index >= 15 is 0 Å². The van der Waals surface area contributed by atoms with Crippen molar-refractivity contribution in [3.05, 3.63) is 30.1 Å². The lowest BCUT2D eigenvalue weighted by Gasteiger charge is -2.31. The number of nitrogens with one attached hydrogen (secondary N) is 1. The number of hydrogen-bond acceptors (Lipinski definition) is 3. The van der Waals surface area contributed by atoms with Crippen LogP contribution in [-0.2, 0) is 14.8 Å². The van der Waals surface area contributed by atoms with Crippen molar-refractivity contribution < 1.29 is 17.6 Å². The molecule has 146 valence electrons. The first-order chi connectivity index (χ1) is 12.4. The van der Waals surface area contributed by atoms with E-state index < -0.39 is 15.8 Å². The largest absolute Gasteiger partial charge is 0.353 e. The first-order valence-corrected chi connectivity index (χ1v) is 10.9. The summed E-state index contributed by atoms with van der Waals surface area (Å²) in [5.41, 5.74) is 0. The van der Waals surface area contributed by atoms with E-state index in [4.69, 9.17) is 0 Å². The van der Waals surface area contributed by atoms with Gasteiger partial charge in [0.1, 0.15) is 5.82 Å². The zero-order valence-electron chi connectivity index (χ0n) is 15.6. The highest BCUT2D eigenvalue weighted by Crippen LogP contribution is 2.26. The number of sulfonamides is 1. The van der Waals surface area contributed by atoms with Gasteiger partial charge in [-0.05, 0) is 62.3 Å². The van der Waals surface area contributed by atoms with E-state index in [1.165, 1.54) is 16.4 Å². The van der Waals surface area contributed by atoms with Crippen molar-refractivity contribution >= 4 is 15.9 Å². The van der Waals surface area contributed by atoms with E-state index in [1.807, 2.05) is 0 Å². The van der Waals surface area contributed by atoms with Crippen molar-refractivity contribution in [3.8, 4) is 0 Å². The minimum absolute atomic E-state index is 0.0834. The van der Waals surface area contributed by atoms with Crippen LogP contribution in [0.25, 0.3) is 0 Å². The number of benzene rings is 1. The van der Waals surface area contributed by atoms with Crippen LogP contribution in [-0.4, -0.2) is 37.8 Å². The maximum Gasteiger partial charge on any atom is 0.243 e. The zero-order valence-corrected chi connectivity index (χ0v) is 16.4. The molecule has 7 heteroatoms. The van der Waals surface area contributed by atoms with Crippen LogP contribution in [0, 0.1) is 11.7 Å². The number of carbonyl (C=O) groups excluding carboxylic acids is 1. The van der Waals surface area contributed by atoms with Crippen LogP contribution in [0.3, 0.4) is 0 Å². The van der Waals surface area contributed by atoms with Crippen LogP contribution in [0.1, 0.15) is 52.4 Å². The second kappa shape index (κ2) is 9.46. The fourth-order valence-corrected chi connectivity index (χ4v) is 4.79. The van der Waals surface area contributed by atoms with Crippen molar-refractivity contribution in [1.29, 1.82) is 0 Å². The molecule has 1 N–H and O–H groups in total. The first kappa shape index (κ1) is 20.8. The number of rotatable bonds is 8. The number of hydrogen-bond donors (Lipinski definition) is 1. The molecule has 26 heavy (non-hydrogen) atoms. The molecule has 0 unspecified atom stereocenters. The quantitative estimate of drug-likeness (QED) is 0.748. The average Bonchev–Trinajstić information content (AvgIpc) is 2.65. The molecule has 1 aromatic carbocycles. The number of nitrogens with zero attached hydrogens (tertiary/aromatic N) is 1. The molecule has 2 rings (SSSR count). The third kappa shape index (κ3) is 5.51. The summed E-state index contributed by atoms with van der Waals surface area (Å²) in [4.78, 5) is 12.1. The van der Waals surface area contributed by atoms with E-state index in [1.54, 1.807) is 0 Å². The third-order valence-electron chi connectivity index (χ3n) is 5.16. The van der Waals surface area contributed by atoms with Crippen molar-refractivity contribution in [2.75, 3.05) is 13.1 Å². The van der Waals surface area contributed by atoms with Gasteiger partial charge in [0.15, 0.2) is 0 Å². The molecule has 0 spiro atoms. The highest BCUT2D eigenvalue weighted by molar-refractivity contribution is 7.89. The molecule has 1 fully saturated rings. The van der Waals surface area contributed by atoms with E-state index in [-0.39, 0.29) is 16.8 Å². The van der Waals surface area contributed by atoms with Crippen LogP contribution in [0.5, 0.6) is 0 Å². The molecule has 1 heterocycles. The Hall–Kier alpha value is -1.47. The molecule has 1 saturated heterocycles. The van der Waals surface area contributed by atoms with Gasteiger partial charge in [-0.2, -0.15) is 4.31 Å². The molecule has 5 nitrogen and oxygen atoms in total. The molecule has 0 aromatic heterocycles. The molecule has 0 bridgehead atoms. The van der Waals surface area contributed by atoms with Crippen molar-refractivity contribution in [2.24, 2.45) is 5.92 Å². The van der Waals surface area contributed by atoms with Gasteiger partial charge in [-0.1, -0.05) is 13.8 Å². The molecule has 1 aliphatic heterocycles. The fraction of sp³-hybridized carbons (Fsp3) is 0.632. The molecule has 0 saturated carbocycles. The highest BCUT2D eigenvalue weighted by Gasteiger charge is 2.29. The van der Waals surface area contributed by atoms with Gasteiger partial charge in [-0.15, -0.1) is 0 Å². The number of amides is 1. The molecular formula is C19H29FN2O3S. The maximum absolute atomic E-state index is 13.0. The van der Waals surface area contributed by atoms with Crippen LogP contribution in [0.15, 0.2) is 29.2 Å². The minimum atomic E-state index is -3.57. The summed E-state index contributed by atoms with van der Waals surface area (Å²) in [7, 11) is -3.57. The molecule has 1 aromatic rings. The highest BCUT2D eigenvalue weighted by atomic mass is 32.2. The van der Waals surface area contributed by atoms with Crippen molar-refractivity contribution in [2.45, 2.75) is 63.3 Å². The molecule has 1 amide bonds. The third-order valence-corrected chi connectivity index (χ3v) is 7.07. The summed E-state index contributed by atoms with van der Waals surface area (Å²) >= 11 is 0. The Bertz CT molecular complexity index is 679. The van der Waals surface area contributed by atoms with Gasteiger partial charge in [0.2, 0.25) is 15.9 Å². The van der Waals surface area contributed by atoms with Crippen molar-refractivity contribution in [3.63, 3.8) is 0 Å². The zero-order chi connectivity index (χ0) is 19.2. The normalized spacial score (nSPS) is 16.8. The lowest BCUT2D eigenvalue weighted by Crippen LogP contribution is -2.39. The summed E-state index contributed by atoms with van der Waals surface area (Å²) in [5.74, 6) is -0.00324. The van der Waals surface area contributed by atoms with Gasteiger partial charge in [0.05, 0.1) is 4.90 Å². The predicted molar refractivity (Wildman–Crippen MR) is 99.6 cm³/mol. The predicted octanol–water partition coefficient (Wildman–Crippen LogP) is 3.31. The van der Waals surface area contributed by atoms with Crippen molar-refractivity contribution in [1.82, 2.24) is 9.62 Å². The molecule has 0 radical (unpaired) electrons. The van der Waals surface area contributed by atoms with Gasteiger partial charge < -0.3 is 5.32 Å². The van der Waals surface area contributed by atoms with E-state index in [2.05, 4.69) is 19.2 Å². The monoisotopic (exact) mass is 384 g/mol. The second-order valence-electron chi connectivity index (χ2n) is 6.92. The smallest absolute Gasteiger partial charge is 0.243 e.